The summed E-state index contributed by atoms with van der Waals surface area (Å²) in [6.07, 6.45) is 8.17. The Bertz CT molecular complexity index is 800. The summed E-state index contributed by atoms with van der Waals surface area (Å²) in [6, 6.07) is 9.30. The molecule has 4 aliphatic rings. The maximum absolute atomic E-state index is 12.7. The van der Waals surface area contributed by atoms with Crippen molar-refractivity contribution in [3.63, 3.8) is 0 Å². The number of amides is 1. The molecule has 1 saturated heterocycles. The SMILES string of the molecule is CCNC(=NCC1C2CCc3ccccc3C21)NC1CCN(C(=O)C2CCCC2)C1. The van der Waals surface area contributed by atoms with Crippen molar-refractivity contribution in [2.45, 2.75) is 63.8 Å². The van der Waals surface area contributed by atoms with Crippen LogP contribution >= 0.6 is 0 Å². The number of nitrogens with zero attached hydrogens (tertiary/aromatic N) is 2. The van der Waals surface area contributed by atoms with Crippen LogP contribution in [0.4, 0.5) is 0 Å². The number of rotatable bonds is 5. The van der Waals surface area contributed by atoms with Gasteiger partial charge in [0.2, 0.25) is 5.91 Å². The first-order valence-corrected chi connectivity index (χ1v) is 12.2. The Labute approximate surface area is 180 Å². The molecule has 0 bridgehead atoms. The standard InChI is InChI=1S/C25H36N4O/c1-2-26-25(28-19-13-14-29(16-19)24(30)18-8-3-4-9-18)27-15-22-21-12-11-17-7-5-6-10-20(17)23(21)22/h5-7,10,18-19,21-23H,2-4,8-9,11-16H2,1H3,(H2,26,27,28). The lowest BCUT2D eigenvalue weighted by molar-refractivity contribution is -0.134. The van der Waals surface area contributed by atoms with Crippen LogP contribution in [0, 0.1) is 17.8 Å². The fourth-order valence-electron chi connectivity index (χ4n) is 6.18. The lowest BCUT2D eigenvalue weighted by Gasteiger charge is -2.21. The first-order valence-electron chi connectivity index (χ1n) is 12.2. The van der Waals surface area contributed by atoms with Gasteiger partial charge in [0.25, 0.3) is 0 Å². The molecule has 0 radical (unpaired) electrons. The molecule has 4 atom stereocenters. The van der Waals surface area contributed by atoms with Crippen LogP contribution in [0.25, 0.3) is 0 Å². The minimum absolute atomic E-state index is 0.284. The highest BCUT2D eigenvalue weighted by Gasteiger charge is 2.52. The van der Waals surface area contributed by atoms with E-state index in [-0.39, 0.29) is 5.92 Å². The molecule has 2 N–H and O–H groups in total. The molecule has 4 unspecified atom stereocenters. The zero-order chi connectivity index (χ0) is 20.5. The highest BCUT2D eigenvalue weighted by Crippen LogP contribution is 2.59. The largest absolute Gasteiger partial charge is 0.357 e. The van der Waals surface area contributed by atoms with Gasteiger partial charge in [0.15, 0.2) is 5.96 Å². The molecular formula is C25H36N4O. The van der Waals surface area contributed by atoms with E-state index in [9.17, 15) is 4.79 Å². The number of guanidine groups is 1. The summed E-state index contributed by atoms with van der Waals surface area (Å²) in [7, 11) is 0. The molecule has 162 valence electrons. The van der Waals surface area contributed by atoms with Crippen LogP contribution in [0.15, 0.2) is 29.3 Å². The van der Waals surface area contributed by atoms with Crippen LogP contribution in [-0.2, 0) is 11.2 Å². The van der Waals surface area contributed by atoms with Crippen molar-refractivity contribution < 1.29 is 4.79 Å². The second-order valence-electron chi connectivity index (χ2n) is 9.71. The third-order valence-corrected chi connectivity index (χ3v) is 7.84. The summed E-state index contributed by atoms with van der Waals surface area (Å²) in [5, 5.41) is 7.05. The Morgan fingerprint density at radius 1 is 1.17 bits per heavy atom. The molecule has 3 aliphatic carbocycles. The van der Waals surface area contributed by atoms with E-state index in [1.807, 2.05) is 0 Å². The number of likely N-dealkylation sites (tertiary alicyclic amines) is 1. The molecule has 2 saturated carbocycles. The van der Waals surface area contributed by atoms with Gasteiger partial charge in [-0.25, -0.2) is 0 Å². The van der Waals surface area contributed by atoms with Crippen molar-refractivity contribution in [3.05, 3.63) is 35.4 Å². The third-order valence-electron chi connectivity index (χ3n) is 7.84. The van der Waals surface area contributed by atoms with Gasteiger partial charge >= 0.3 is 0 Å². The van der Waals surface area contributed by atoms with Crippen LogP contribution in [0.2, 0.25) is 0 Å². The summed E-state index contributed by atoms with van der Waals surface area (Å²) in [5.74, 6) is 3.82. The minimum Gasteiger partial charge on any atom is -0.357 e. The van der Waals surface area contributed by atoms with E-state index in [0.29, 0.717) is 23.8 Å². The summed E-state index contributed by atoms with van der Waals surface area (Å²) >= 11 is 0. The van der Waals surface area contributed by atoms with Crippen LogP contribution in [-0.4, -0.2) is 49.0 Å². The second kappa shape index (κ2) is 8.60. The fourth-order valence-corrected chi connectivity index (χ4v) is 6.18. The number of aryl methyl sites for hydroxylation is 1. The van der Waals surface area contributed by atoms with Crippen molar-refractivity contribution in [1.29, 1.82) is 0 Å². The Hall–Kier alpha value is -2.04. The average Bonchev–Trinajstić information content (AvgIpc) is 3.13. The monoisotopic (exact) mass is 408 g/mol. The zero-order valence-corrected chi connectivity index (χ0v) is 18.3. The number of hydrogen-bond donors (Lipinski definition) is 2. The Balaban J connectivity index is 1.16. The van der Waals surface area contributed by atoms with E-state index in [4.69, 9.17) is 4.99 Å². The zero-order valence-electron chi connectivity index (χ0n) is 18.3. The highest BCUT2D eigenvalue weighted by molar-refractivity contribution is 5.81. The van der Waals surface area contributed by atoms with Crippen LogP contribution < -0.4 is 10.6 Å². The van der Waals surface area contributed by atoms with Gasteiger partial charge in [-0.1, -0.05) is 37.1 Å². The van der Waals surface area contributed by atoms with Gasteiger partial charge in [-0.2, -0.15) is 0 Å². The Kier molecular flexibility index (Phi) is 5.70. The van der Waals surface area contributed by atoms with Crippen molar-refractivity contribution in [2.24, 2.45) is 22.7 Å². The molecule has 1 heterocycles. The summed E-state index contributed by atoms with van der Waals surface area (Å²) in [6.45, 7) is 5.59. The van der Waals surface area contributed by atoms with Gasteiger partial charge in [-0.15, -0.1) is 0 Å². The van der Waals surface area contributed by atoms with Crippen LogP contribution in [0.5, 0.6) is 0 Å². The van der Waals surface area contributed by atoms with E-state index in [1.165, 1.54) is 25.7 Å². The van der Waals surface area contributed by atoms with Crippen molar-refractivity contribution in [2.75, 3.05) is 26.2 Å². The van der Waals surface area contributed by atoms with Gasteiger partial charge in [0, 0.05) is 38.1 Å². The van der Waals surface area contributed by atoms with Gasteiger partial charge in [0.05, 0.1) is 0 Å². The molecule has 5 heteroatoms. The average molecular weight is 409 g/mol. The molecular weight excluding hydrogens is 372 g/mol. The van der Waals surface area contributed by atoms with Gasteiger partial charge < -0.3 is 15.5 Å². The highest BCUT2D eigenvalue weighted by atomic mass is 16.2. The molecule has 1 aliphatic heterocycles. The summed E-state index contributed by atoms with van der Waals surface area (Å²) in [5.41, 5.74) is 3.12. The Morgan fingerprint density at radius 3 is 2.83 bits per heavy atom. The minimum atomic E-state index is 0.284. The quantitative estimate of drug-likeness (QED) is 0.581. The molecule has 5 nitrogen and oxygen atoms in total. The first kappa shape index (κ1) is 19.9. The number of hydrogen-bond acceptors (Lipinski definition) is 2. The molecule has 5 rings (SSSR count). The number of aliphatic imine (C=N–C) groups is 1. The van der Waals surface area contributed by atoms with E-state index < -0.39 is 0 Å². The van der Waals surface area contributed by atoms with Crippen LogP contribution in [0.1, 0.15) is 62.5 Å². The fraction of sp³-hybridized carbons (Fsp3) is 0.680. The van der Waals surface area contributed by atoms with E-state index in [0.717, 1.165) is 57.3 Å². The van der Waals surface area contributed by atoms with Crippen LogP contribution in [0.3, 0.4) is 0 Å². The molecule has 3 fully saturated rings. The van der Waals surface area contributed by atoms with E-state index in [1.54, 1.807) is 11.1 Å². The molecule has 0 aromatic heterocycles. The first-order chi connectivity index (χ1) is 14.7. The number of nitrogens with one attached hydrogen (secondary N) is 2. The van der Waals surface area contributed by atoms with Crippen molar-refractivity contribution in [3.8, 4) is 0 Å². The third kappa shape index (κ3) is 3.95. The van der Waals surface area contributed by atoms with E-state index in [2.05, 4.69) is 46.7 Å². The maximum Gasteiger partial charge on any atom is 0.225 e. The smallest absolute Gasteiger partial charge is 0.225 e. The number of carbonyl (C=O) groups is 1. The van der Waals surface area contributed by atoms with Crippen molar-refractivity contribution >= 4 is 11.9 Å². The Morgan fingerprint density at radius 2 is 2.00 bits per heavy atom. The topological polar surface area (TPSA) is 56.7 Å². The van der Waals surface area contributed by atoms with Gasteiger partial charge in [0.1, 0.15) is 0 Å². The van der Waals surface area contributed by atoms with Gasteiger partial charge in [-0.3, -0.25) is 9.79 Å². The normalized spacial score (nSPS) is 30.7. The molecule has 1 aromatic rings. The van der Waals surface area contributed by atoms with Crippen molar-refractivity contribution in [1.82, 2.24) is 15.5 Å². The number of benzene rings is 1. The molecule has 1 aromatic carbocycles. The molecule has 1 amide bonds. The maximum atomic E-state index is 12.7. The predicted octanol–water partition coefficient (Wildman–Crippen LogP) is 3.31. The lowest BCUT2D eigenvalue weighted by atomic mass is 9.92. The molecule has 0 spiro atoms. The van der Waals surface area contributed by atoms with E-state index >= 15 is 0 Å². The lowest BCUT2D eigenvalue weighted by Crippen LogP contribution is -2.45. The second-order valence-corrected chi connectivity index (χ2v) is 9.71. The van der Waals surface area contributed by atoms with Gasteiger partial charge in [-0.05, 0) is 67.9 Å². The number of fused-ring (bicyclic) bond motifs is 3. The number of carbonyl (C=O) groups excluding carboxylic acids is 1. The summed E-state index contributed by atoms with van der Waals surface area (Å²) < 4.78 is 0. The summed E-state index contributed by atoms with van der Waals surface area (Å²) in [4.78, 5) is 19.8. The predicted molar refractivity (Wildman–Crippen MR) is 121 cm³/mol. The molecule has 30 heavy (non-hydrogen) atoms.